The number of pyridine rings is 1. The number of carboxylic acid groups (broad SMARTS) is 1. The molecule has 4 rings (SSSR count). The highest BCUT2D eigenvalue weighted by atomic mass is 35.5. The van der Waals surface area contributed by atoms with Crippen LogP contribution < -0.4 is 5.43 Å². The average Bonchev–Trinajstić information content (AvgIpc) is 3.46. The number of likely N-dealkylation sites (N-methyl/N-ethyl adjacent to an activating group) is 1. The highest BCUT2D eigenvalue weighted by Crippen LogP contribution is 2.38. The number of halogens is 3. The highest BCUT2D eigenvalue weighted by Gasteiger charge is 2.30. The molecule has 1 aromatic carbocycles. The van der Waals surface area contributed by atoms with Gasteiger partial charge in [0.1, 0.15) is 11.4 Å². The van der Waals surface area contributed by atoms with E-state index in [-0.39, 0.29) is 41.5 Å². The number of carboxylic acids is 1. The molecule has 0 spiro atoms. The molecule has 2 heterocycles. The molecule has 152 valence electrons. The molecule has 28 heavy (non-hydrogen) atoms. The SMILES string of the molecule is CN1CCN(Cc2c(F)cc3c(=O)c(C(=O)O)cn(C4CC4)c3c2F)CC1.Cl. The minimum atomic E-state index is -1.39. The molecule has 0 atom stereocenters. The van der Waals surface area contributed by atoms with Gasteiger partial charge in [0.2, 0.25) is 5.43 Å². The zero-order valence-electron chi connectivity index (χ0n) is 15.5. The molecule has 0 unspecified atom stereocenters. The van der Waals surface area contributed by atoms with E-state index >= 15 is 4.39 Å². The molecule has 2 aromatic rings. The summed E-state index contributed by atoms with van der Waals surface area (Å²) in [5.41, 5.74) is -1.36. The minimum absolute atomic E-state index is 0. The third-order valence-electron chi connectivity index (χ3n) is 5.45. The number of fused-ring (bicyclic) bond motifs is 1. The highest BCUT2D eigenvalue weighted by molar-refractivity contribution is 5.93. The minimum Gasteiger partial charge on any atom is -0.477 e. The Bertz CT molecular complexity index is 983. The first-order valence-electron chi connectivity index (χ1n) is 9.06. The van der Waals surface area contributed by atoms with Gasteiger partial charge >= 0.3 is 5.97 Å². The van der Waals surface area contributed by atoms with E-state index in [0.29, 0.717) is 13.1 Å². The Labute approximate surface area is 166 Å². The van der Waals surface area contributed by atoms with Crippen LogP contribution in [0.2, 0.25) is 0 Å². The van der Waals surface area contributed by atoms with Crippen LogP contribution >= 0.6 is 12.4 Å². The molecule has 0 radical (unpaired) electrons. The molecule has 2 aliphatic rings. The van der Waals surface area contributed by atoms with Crippen LogP contribution in [0.3, 0.4) is 0 Å². The topological polar surface area (TPSA) is 65.8 Å². The van der Waals surface area contributed by atoms with Crippen LogP contribution in [-0.2, 0) is 6.54 Å². The number of hydrogen-bond acceptors (Lipinski definition) is 4. The maximum absolute atomic E-state index is 15.3. The first-order chi connectivity index (χ1) is 12.9. The van der Waals surface area contributed by atoms with Crippen LogP contribution in [0.25, 0.3) is 10.9 Å². The van der Waals surface area contributed by atoms with Crippen molar-refractivity contribution in [2.75, 3.05) is 33.2 Å². The largest absolute Gasteiger partial charge is 0.477 e. The van der Waals surface area contributed by atoms with Crippen molar-refractivity contribution in [2.24, 2.45) is 0 Å². The Morgan fingerprint density at radius 1 is 1.21 bits per heavy atom. The van der Waals surface area contributed by atoms with E-state index in [0.717, 1.165) is 32.0 Å². The van der Waals surface area contributed by atoms with Crippen LogP contribution in [0.5, 0.6) is 0 Å². The Hall–Kier alpha value is -2.03. The number of hydrogen-bond donors (Lipinski definition) is 1. The predicted molar refractivity (Wildman–Crippen MR) is 103 cm³/mol. The van der Waals surface area contributed by atoms with Gasteiger partial charge in [-0.3, -0.25) is 9.69 Å². The molecule has 1 saturated heterocycles. The van der Waals surface area contributed by atoms with Crippen LogP contribution in [-0.4, -0.2) is 58.7 Å². The van der Waals surface area contributed by atoms with Gasteiger partial charge in [-0.1, -0.05) is 0 Å². The average molecular weight is 414 g/mol. The summed E-state index contributed by atoms with van der Waals surface area (Å²) in [4.78, 5) is 28.0. The fourth-order valence-corrected chi connectivity index (χ4v) is 3.65. The summed E-state index contributed by atoms with van der Waals surface area (Å²) in [7, 11) is 2.00. The van der Waals surface area contributed by atoms with Crippen LogP contribution in [0.15, 0.2) is 17.1 Å². The molecule has 1 N–H and O–H groups in total. The summed E-state index contributed by atoms with van der Waals surface area (Å²) in [6.45, 7) is 3.19. The summed E-state index contributed by atoms with van der Waals surface area (Å²) in [5, 5.41) is 9.06. The van der Waals surface area contributed by atoms with Gasteiger partial charge < -0.3 is 14.6 Å². The Morgan fingerprint density at radius 2 is 1.86 bits per heavy atom. The van der Waals surface area contributed by atoms with Gasteiger partial charge in [0.15, 0.2) is 5.82 Å². The summed E-state index contributed by atoms with van der Waals surface area (Å²) in [5.74, 6) is -2.95. The van der Waals surface area contributed by atoms with Crippen molar-refractivity contribution in [3.8, 4) is 0 Å². The van der Waals surface area contributed by atoms with Crippen molar-refractivity contribution < 1.29 is 18.7 Å². The predicted octanol–water partition coefficient (Wildman–Crippen LogP) is 2.48. The first-order valence-corrected chi connectivity index (χ1v) is 9.06. The van der Waals surface area contributed by atoms with Crippen LogP contribution in [0.4, 0.5) is 8.78 Å². The smallest absolute Gasteiger partial charge is 0.341 e. The van der Waals surface area contributed by atoms with Crippen LogP contribution in [0.1, 0.15) is 34.8 Å². The van der Waals surface area contributed by atoms with E-state index in [1.54, 1.807) is 0 Å². The molecule has 9 heteroatoms. The zero-order chi connectivity index (χ0) is 19.3. The Kier molecular flexibility index (Phi) is 5.74. The van der Waals surface area contributed by atoms with E-state index in [4.69, 9.17) is 0 Å². The quantitative estimate of drug-likeness (QED) is 0.834. The van der Waals surface area contributed by atoms with Gasteiger partial charge in [0.25, 0.3) is 0 Å². The number of rotatable bonds is 4. The van der Waals surface area contributed by atoms with Crippen molar-refractivity contribution in [3.63, 3.8) is 0 Å². The lowest BCUT2D eigenvalue weighted by Gasteiger charge is -2.32. The van der Waals surface area contributed by atoms with E-state index in [1.807, 2.05) is 11.9 Å². The van der Waals surface area contributed by atoms with E-state index in [2.05, 4.69) is 4.90 Å². The lowest BCUT2D eigenvalue weighted by Crippen LogP contribution is -2.44. The molecule has 1 aliphatic heterocycles. The molecular weight excluding hydrogens is 392 g/mol. The van der Waals surface area contributed by atoms with Gasteiger partial charge in [-0.05, 0) is 26.0 Å². The third kappa shape index (κ3) is 3.64. The second-order valence-corrected chi connectivity index (χ2v) is 7.44. The van der Waals surface area contributed by atoms with Gasteiger partial charge in [-0.2, -0.15) is 0 Å². The monoisotopic (exact) mass is 413 g/mol. The number of aromatic carboxylic acids is 1. The van der Waals surface area contributed by atoms with Gasteiger partial charge in [-0.25, -0.2) is 13.6 Å². The van der Waals surface area contributed by atoms with E-state index in [9.17, 15) is 19.1 Å². The molecular formula is C19H22ClF2N3O3. The van der Waals surface area contributed by atoms with Gasteiger partial charge in [0, 0.05) is 50.5 Å². The normalized spacial score (nSPS) is 18.2. The second kappa shape index (κ2) is 7.77. The van der Waals surface area contributed by atoms with Crippen LogP contribution in [0, 0.1) is 11.6 Å². The number of benzene rings is 1. The van der Waals surface area contributed by atoms with Crippen molar-refractivity contribution in [1.82, 2.24) is 14.4 Å². The van der Waals surface area contributed by atoms with E-state index in [1.165, 1.54) is 10.8 Å². The Balaban J connectivity index is 0.00000225. The van der Waals surface area contributed by atoms with Crippen molar-refractivity contribution in [1.29, 1.82) is 0 Å². The van der Waals surface area contributed by atoms with Gasteiger partial charge in [-0.15, -0.1) is 12.4 Å². The summed E-state index contributed by atoms with van der Waals surface area (Å²) in [6, 6.07) is 0.944. The second-order valence-electron chi connectivity index (χ2n) is 7.44. The molecule has 6 nitrogen and oxygen atoms in total. The molecule has 1 aliphatic carbocycles. The maximum Gasteiger partial charge on any atom is 0.341 e. The van der Waals surface area contributed by atoms with E-state index < -0.39 is 28.6 Å². The molecule has 1 saturated carbocycles. The third-order valence-corrected chi connectivity index (χ3v) is 5.45. The molecule has 2 fully saturated rings. The first kappa shape index (κ1) is 20.7. The Morgan fingerprint density at radius 3 is 2.43 bits per heavy atom. The van der Waals surface area contributed by atoms with Crippen molar-refractivity contribution in [3.05, 3.63) is 45.2 Å². The standard InChI is InChI=1S/C19H21F2N3O3.ClH/c1-22-4-6-23(7-5-22)9-13-15(20)8-12-17(16(13)21)24(11-2-3-11)10-14(18(12)25)19(26)27;/h8,10-11H,2-7,9H2,1H3,(H,26,27);1H. The fourth-order valence-electron chi connectivity index (χ4n) is 3.65. The number of aromatic nitrogens is 1. The van der Waals surface area contributed by atoms with Crippen molar-refractivity contribution >= 4 is 29.3 Å². The lowest BCUT2D eigenvalue weighted by atomic mass is 10.1. The molecule has 0 bridgehead atoms. The molecule has 1 aromatic heterocycles. The molecule has 0 amide bonds. The summed E-state index contributed by atoms with van der Waals surface area (Å²) >= 11 is 0. The summed E-state index contributed by atoms with van der Waals surface area (Å²) in [6.07, 6.45) is 2.76. The lowest BCUT2D eigenvalue weighted by molar-refractivity contribution is 0.0694. The number of piperazine rings is 1. The maximum atomic E-state index is 15.3. The summed E-state index contributed by atoms with van der Waals surface area (Å²) < 4.78 is 31.5. The zero-order valence-corrected chi connectivity index (χ0v) is 16.3. The van der Waals surface area contributed by atoms with Crippen molar-refractivity contribution in [2.45, 2.75) is 25.4 Å². The number of carbonyl (C=O) groups is 1. The number of nitrogens with zero attached hydrogens (tertiary/aromatic N) is 3. The van der Waals surface area contributed by atoms with Gasteiger partial charge in [0.05, 0.1) is 10.9 Å². The fraction of sp³-hybridized carbons (Fsp3) is 0.474.